The van der Waals surface area contributed by atoms with Crippen molar-refractivity contribution in [1.29, 1.82) is 0 Å². The van der Waals surface area contributed by atoms with E-state index in [4.69, 9.17) is 23.1 Å². The number of rotatable bonds is 0. The SMILES string of the molecule is Cc1nc(N)nc(Cl)c1N. The van der Waals surface area contributed by atoms with E-state index < -0.39 is 0 Å². The van der Waals surface area contributed by atoms with E-state index in [9.17, 15) is 0 Å². The van der Waals surface area contributed by atoms with E-state index >= 15 is 0 Å². The Morgan fingerprint density at radius 3 is 2.40 bits per heavy atom. The number of nitrogens with zero attached hydrogens (tertiary/aromatic N) is 2. The van der Waals surface area contributed by atoms with E-state index in [2.05, 4.69) is 9.97 Å². The van der Waals surface area contributed by atoms with Crippen LogP contribution in [0.4, 0.5) is 11.6 Å². The lowest BCUT2D eigenvalue weighted by molar-refractivity contribution is 1.13. The number of anilines is 2. The van der Waals surface area contributed by atoms with Gasteiger partial charge in [-0.05, 0) is 6.92 Å². The minimum atomic E-state index is 0.150. The first-order valence-electron chi connectivity index (χ1n) is 2.66. The van der Waals surface area contributed by atoms with Crippen LogP contribution in [0.25, 0.3) is 0 Å². The van der Waals surface area contributed by atoms with Crippen LogP contribution < -0.4 is 11.5 Å². The van der Waals surface area contributed by atoms with Gasteiger partial charge in [0.25, 0.3) is 0 Å². The summed E-state index contributed by atoms with van der Waals surface area (Å²) in [5.74, 6) is 0.150. The number of halogens is 1. The topological polar surface area (TPSA) is 77.8 Å². The Bertz CT molecular complexity index is 237. The van der Waals surface area contributed by atoms with Crippen molar-refractivity contribution in [3.63, 3.8) is 0 Å². The summed E-state index contributed by atoms with van der Waals surface area (Å²) in [6.07, 6.45) is 0. The van der Waals surface area contributed by atoms with E-state index in [-0.39, 0.29) is 11.1 Å². The average molecular weight is 159 g/mol. The molecule has 0 aromatic carbocycles. The number of nitrogen functional groups attached to an aromatic ring is 2. The normalized spacial score (nSPS) is 9.80. The molecule has 1 heterocycles. The maximum atomic E-state index is 5.56. The van der Waals surface area contributed by atoms with Crippen LogP contribution in [0.5, 0.6) is 0 Å². The van der Waals surface area contributed by atoms with E-state index in [0.29, 0.717) is 11.4 Å². The quantitative estimate of drug-likeness (QED) is 0.542. The summed E-state index contributed by atoms with van der Waals surface area (Å²) in [4.78, 5) is 7.43. The molecule has 0 fully saturated rings. The highest BCUT2D eigenvalue weighted by Crippen LogP contribution is 2.18. The van der Waals surface area contributed by atoms with Gasteiger partial charge in [-0.1, -0.05) is 11.6 Å². The zero-order valence-electron chi connectivity index (χ0n) is 5.43. The molecule has 0 saturated carbocycles. The molecular weight excluding hydrogens is 152 g/mol. The van der Waals surface area contributed by atoms with Crippen molar-refractivity contribution in [1.82, 2.24) is 9.97 Å². The molecule has 4 nitrogen and oxygen atoms in total. The van der Waals surface area contributed by atoms with Crippen molar-refractivity contribution in [2.75, 3.05) is 11.5 Å². The predicted octanol–water partition coefficient (Wildman–Crippen LogP) is 0.603. The van der Waals surface area contributed by atoms with Crippen LogP contribution in [0, 0.1) is 6.92 Å². The maximum Gasteiger partial charge on any atom is 0.221 e. The first-order valence-corrected chi connectivity index (χ1v) is 3.04. The highest BCUT2D eigenvalue weighted by atomic mass is 35.5. The lowest BCUT2D eigenvalue weighted by Crippen LogP contribution is -2.01. The van der Waals surface area contributed by atoms with Crippen molar-refractivity contribution in [3.8, 4) is 0 Å². The first kappa shape index (κ1) is 7.08. The van der Waals surface area contributed by atoms with Gasteiger partial charge in [0, 0.05) is 0 Å². The molecule has 0 unspecified atom stereocenters. The Labute approximate surface area is 63.2 Å². The molecule has 0 bridgehead atoms. The maximum absolute atomic E-state index is 5.56. The summed E-state index contributed by atoms with van der Waals surface area (Å²) in [6, 6.07) is 0. The van der Waals surface area contributed by atoms with Gasteiger partial charge in [-0.3, -0.25) is 0 Å². The standard InChI is InChI=1S/C5H7ClN4/c1-2-3(7)4(6)10-5(8)9-2/h7H2,1H3,(H2,8,9,10). The molecule has 10 heavy (non-hydrogen) atoms. The number of hydrogen-bond acceptors (Lipinski definition) is 4. The Morgan fingerprint density at radius 1 is 1.30 bits per heavy atom. The fourth-order valence-electron chi connectivity index (χ4n) is 0.567. The van der Waals surface area contributed by atoms with E-state index in [0.717, 1.165) is 0 Å². The van der Waals surface area contributed by atoms with Crippen molar-refractivity contribution < 1.29 is 0 Å². The minimum absolute atomic E-state index is 0.150. The molecule has 0 aliphatic rings. The second-order valence-corrected chi connectivity index (χ2v) is 2.23. The van der Waals surface area contributed by atoms with Crippen LogP contribution in [-0.2, 0) is 0 Å². The molecule has 1 aromatic rings. The Morgan fingerprint density at radius 2 is 1.90 bits per heavy atom. The third-order valence-electron chi connectivity index (χ3n) is 1.11. The molecule has 4 N–H and O–H groups in total. The van der Waals surface area contributed by atoms with E-state index in [1.165, 1.54) is 0 Å². The molecule has 0 radical (unpaired) electrons. The molecule has 0 saturated heterocycles. The summed E-state index contributed by atoms with van der Waals surface area (Å²) >= 11 is 5.56. The van der Waals surface area contributed by atoms with Crippen molar-refractivity contribution in [3.05, 3.63) is 10.8 Å². The molecule has 5 heteroatoms. The van der Waals surface area contributed by atoms with Gasteiger partial charge in [0.05, 0.1) is 11.4 Å². The monoisotopic (exact) mass is 158 g/mol. The number of hydrogen-bond donors (Lipinski definition) is 2. The van der Waals surface area contributed by atoms with E-state index in [1.54, 1.807) is 6.92 Å². The Balaban J connectivity index is 3.31. The van der Waals surface area contributed by atoms with Gasteiger partial charge in [-0.15, -0.1) is 0 Å². The van der Waals surface area contributed by atoms with Crippen LogP contribution >= 0.6 is 11.6 Å². The predicted molar refractivity (Wildman–Crippen MR) is 40.6 cm³/mol. The van der Waals surface area contributed by atoms with E-state index in [1.807, 2.05) is 0 Å². The Hall–Kier alpha value is -1.03. The number of aryl methyl sites for hydroxylation is 1. The largest absolute Gasteiger partial charge is 0.395 e. The van der Waals surface area contributed by atoms with Crippen molar-refractivity contribution in [2.45, 2.75) is 6.92 Å². The van der Waals surface area contributed by atoms with Gasteiger partial charge < -0.3 is 11.5 Å². The molecule has 1 aromatic heterocycles. The van der Waals surface area contributed by atoms with Gasteiger partial charge in [0.2, 0.25) is 5.95 Å². The van der Waals surface area contributed by atoms with Gasteiger partial charge in [0.1, 0.15) is 0 Å². The van der Waals surface area contributed by atoms with Crippen LogP contribution in [0.15, 0.2) is 0 Å². The summed E-state index contributed by atoms with van der Waals surface area (Å²) < 4.78 is 0. The number of nitrogens with two attached hydrogens (primary N) is 2. The molecule has 0 aliphatic carbocycles. The molecule has 0 amide bonds. The van der Waals surface area contributed by atoms with Gasteiger partial charge in [0.15, 0.2) is 5.15 Å². The summed E-state index contributed by atoms with van der Waals surface area (Å²) in [5, 5.41) is 0.213. The lowest BCUT2D eigenvalue weighted by atomic mass is 10.4. The number of aromatic nitrogens is 2. The molecule has 0 spiro atoms. The molecule has 54 valence electrons. The third kappa shape index (κ3) is 1.11. The smallest absolute Gasteiger partial charge is 0.221 e. The second-order valence-electron chi connectivity index (χ2n) is 1.87. The summed E-state index contributed by atoms with van der Waals surface area (Å²) in [7, 11) is 0. The lowest BCUT2D eigenvalue weighted by Gasteiger charge is -2.00. The minimum Gasteiger partial charge on any atom is -0.395 e. The fraction of sp³-hybridized carbons (Fsp3) is 0.200. The van der Waals surface area contributed by atoms with Gasteiger partial charge >= 0.3 is 0 Å². The van der Waals surface area contributed by atoms with Gasteiger partial charge in [-0.2, -0.15) is 4.98 Å². The fourth-order valence-corrected chi connectivity index (χ4v) is 0.790. The second kappa shape index (κ2) is 2.30. The first-order chi connectivity index (χ1) is 4.61. The van der Waals surface area contributed by atoms with Crippen LogP contribution in [0.1, 0.15) is 5.69 Å². The molecule has 1 rings (SSSR count). The highest BCUT2D eigenvalue weighted by molar-refractivity contribution is 6.32. The van der Waals surface area contributed by atoms with Crippen molar-refractivity contribution >= 4 is 23.2 Å². The van der Waals surface area contributed by atoms with Gasteiger partial charge in [-0.25, -0.2) is 4.98 Å². The van der Waals surface area contributed by atoms with Crippen LogP contribution in [0.3, 0.4) is 0 Å². The van der Waals surface area contributed by atoms with Crippen LogP contribution in [0.2, 0.25) is 5.15 Å². The summed E-state index contributed by atoms with van der Waals surface area (Å²) in [6.45, 7) is 1.72. The average Bonchev–Trinajstić information content (AvgIpc) is 1.82. The highest BCUT2D eigenvalue weighted by Gasteiger charge is 2.02. The summed E-state index contributed by atoms with van der Waals surface area (Å²) in [5.41, 5.74) is 11.7. The molecular formula is C5H7ClN4. The third-order valence-corrected chi connectivity index (χ3v) is 1.40. The zero-order chi connectivity index (χ0) is 7.72. The molecule has 0 atom stereocenters. The van der Waals surface area contributed by atoms with Crippen LogP contribution in [-0.4, -0.2) is 9.97 Å². The Kier molecular flexibility index (Phi) is 1.63. The van der Waals surface area contributed by atoms with Crippen molar-refractivity contribution in [2.24, 2.45) is 0 Å². The molecule has 0 aliphatic heterocycles. The zero-order valence-corrected chi connectivity index (χ0v) is 6.18.